The highest BCUT2D eigenvalue weighted by Gasteiger charge is 2.61. The monoisotopic (exact) mass is 299 g/mol. The van der Waals surface area contributed by atoms with Crippen molar-refractivity contribution in [1.29, 1.82) is 0 Å². The van der Waals surface area contributed by atoms with Crippen LogP contribution < -0.4 is 0 Å². The van der Waals surface area contributed by atoms with E-state index in [1.807, 2.05) is 6.92 Å². The summed E-state index contributed by atoms with van der Waals surface area (Å²) in [6.45, 7) is 5.67. The summed E-state index contributed by atoms with van der Waals surface area (Å²) in [5.74, 6) is -5.04. The fraction of sp³-hybridized carbons (Fsp3) is 0.833. The number of aryl methyl sites for hydroxylation is 1. The molecule has 1 aromatic rings. The van der Waals surface area contributed by atoms with E-state index in [1.54, 1.807) is 13.8 Å². The van der Waals surface area contributed by atoms with Crippen molar-refractivity contribution >= 4 is 0 Å². The lowest BCUT2D eigenvalue weighted by Gasteiger charge is -2.19. The lowest BCUT2D eigenvalue weighted by Crippen LogP contribution is -2.35. The minimum absolute atomic E-state index is 0.0725. The van der Waals surface area contributed by atoms with Crippen LogP contribution in [0, 0.1) is 5.92 Å². The first kappa shape index (κ1) is 16.8. The molecule has 0 aliphatic carbocycles. The van der Waals surface area contributed by atoms with Gasteiger partial charge in [0.05, 0.1) is 5.69 Å². The molecule has 0 aliphatic heterocycles. The van der Waals surface area contributed by atoms with Crippen LogP contribution in [0.25, 0.3) is 0 Å². The van der Waals surface area contributed by atoms with Crippen LogP contribution >= 0.6 is 0 Å². The van der Waals surface area contributed by atoms with Gasteiger partial charge in [-0.05, 0) is 18.8 Å². The zero-order valence-electron chi connectivity index (χ0n) is 11.6. The van der Waals surface area contributed by atoms with Gasteiger partial charge in [0.2, 0.25) is 0 Å². The van der Waals surface area contributed by atoms with Crippen LogP contribution in [0.2, 0.25) is 0 Å². The molecule has 20 heavy (non-hydrogen) atoms. The second-order valence-electron chi connectivity index (χ2n) is 5.13. The Labute approximate surface area is 114 Å². The highest BCUT2D eigenvalue weighted by atomic mass is 19.4. The lowest BCUT2D eigenvalue weighted by molar-refractivity contribution is -0.291. The summed E-state index contributed by atoms with van der Waals surface area (Å²) in [5, 5.41) is 6.58. The van der Waals surface area contributed by atoms with E-state index in [2.05, 4.69) is 10.3 Å². The molecule has 0 spiro atoms. The van der Waals surface area contributed by atoms with Gasteiger partial charge in [-0.15, -0.1) is 5.10 Å². The highest BCUT2D eigenvalue weighted by molar-refractivity contribution is 5.18. The molecule has 0 aromatic carbocycles. The molecule has 116 valence electrons. The summed E-state index contributed by atoms with van der Waals surface area (Å²) in [5.41, 5.74) is -1.40. The molecule has 0 N–H and O–H groups in total. The number of alkyl halides is 5. The number of unbranched alkanes of at least 4 members (excludes halogenated alkanes) is 1. The van der Waals surface area contributed by atoms with Crippen LogP contribution in [0.15, 0.2) is 0 Å². The van der Waals surface area contributed by atoms with E-state index in [0.717, 1.165) is 6.42 Å². The van der Waals surface area contributed by atoms with Crippen molar-refractivity contribution in [2.75, 3.05) is 0 Å². The van der Waals surface area contributed by atoms with Gasteiger partial charge < -0.3 is 0 Å². The molecule has 0 saturated carbocycles. The van der Waals surface area contributed by atoms with Crippen LogP contribution in [-0.2, 0) is 18.9 Å². The van der Waals surface area contributed by atoms with Gasteiger partial charge in [0.1, 0.15) is 0 Å². The maximum atomic E-state index is 13.5. The standard InChI is InChI=1S/C12H18F5N3/c1-4-5-6-20-9(7-8(2)3)10(18-19-20)11(13,14)12(15,16)17/h8H,4-7H2,1-3H3. The van der Waals surface area contributed by atoms with Crippen LogP contribution in [0.1, 0.15) is 45.0 Å². The Morgan fingerprint density at radius 3 is 2.20 bits per heavy atom. The van der Waals surface area contributed by atoms with E-state index in [4.69, 9.17) is 0 Å². The fourth-order valence-corrected chi connectivity index (χ4v) is 1.79. The predicted molar refractivity (Wildman–Crippen MR) is 63.4 cm³/mol. The molecule has 0 bridgehead atoms. The van der Waals surface area contributed by atoms with Crippen LogP contribution in [-0.4, -0.2) is 21.2 Å². The third-order valence-electron chi connectivity index (χ3n) is 2.82. The average molecular weight is 299 g/mol. The maximum Gasteiger partial charge on any atom is 0.459 e. The molecule has 0 aliphatic rings. The Kier molecular flexibility index (Phi) is 5.10. The highest BCUT2D eigenvalue weighted by Crippen LogP contribution is 2.44. The van der Waals surface area contributed by atoms with E-state index >= 15 is 0 Å². The number of aromatic nitrogens is 3. The zero-order valence-corrected chi connectivity index (χ0v) is 11.6. The molecule has 8 heteroatoms. The maximum absolute atomic E-state index is 13.5. The first-order valence-corrected chi connectivity index (χ1v) is 6.48. The number of halogens is 5. The Bertz CT molecular complexity index is 437. The molecule has 1 heterocycles. The molecule has 0 radical (unpaired) electrons. The largest absolute Gasteiger partial charge is 0.459 e. The first-order chi connectivity index (χ1) is 9.11. The minimum Gasteiger partial charge on any atom is -0.249 e. The van der Waals surface area contributed by atoms with Gasteiger partial charge in [-0.1, -0.05) is 32.4 Å². The lowest BCUT2D eigenvalue weighted by atomic mass is 10.0. The predicted octanol–water partition coefficient (Wildman–Crippen LogP) is 3.93. The quantitative estimate of drug-likeness (QED) is 0.745. The number of hydrogen-bond donors (Lipinski definition) is 0. The van der Waals surface area contributed by atoms with Crippen LogP contribution in [0.5, 0.6) is 0 Å². The molecule has 1 rings (SSSR count). The van der Waals surface area contributed by atoms with Gasteiger partial charge in [0, 0.05) is 6.54 Å². The number of nitrogens with zero attached hydrogens (tertiary/aromatic N) is 3. The molecular formula is C12H18F5N3. The second kappa shape index (κ2) is 6.05. The fourth-order valence-electron chi connectivity index (χ4n) is 1.79. The topological polar surface area (TPSA) is 30.7 Å². The van der Waals surface area contributed by atoms with E-state index in [0.29, 0.717) is 13.0 Å². The van der Waals surface area contributed by atoms with Crippen molar-refractivity contribution in [3.63, 3.8) is 0 Å². The molecule has 0 amide bonds. The van der Waals surface area contributed by atoms with Gasteiger partial charge >= 0.3 is 12.1 Å². The van der Waals surface area contributed by atoms with Crippen molar-refractivity contribution in [2.45, 2.75) is 58.7 Å². The SMILES string of the molecule is CCCCn1nnc(C(F)(F)C(F)(F)F)c1CC(C)C. The smallest absolute Gasteiger partial charge is 0.249 e. The van der Waals surface area contributed by atoms with Gasteiger partial charge in [-0.3, -0.25) is 0 Å². The molecule has 0 saturated heterocycles. The second-order valence-corrected chi connectivity index (χ2v) is 5.13. The molecule has 0 atom stereocenters. The molecule has 3 nitrogen and oxygen atoms in total. The van der Waals surface area contributed by atoms with Crippen molar-refractivity contribution in [3.8, 4) is 0 Å². The van der Waals surface area contributed by atoms with Crippen molar-refractivity contribution in [3.05, 3.63) is 11.4 Å². The zero-order chi connectivity index (χ0) is 15.6. The van der Waals surface area contributed by atoms with Crippen molar-refractivity contribution in [2.24, 2.45) is 5.92 Å². The van der Waals surface area contributed by atoms with Gasteiger partial charge in [0.15, 0.2) is 5.69 Å². The Morgan fingerprint density at radius 2 is 1.75 bits per heavy atom. The Hall–Kier alpha value is -1.21. The van der Waals surface area contributed by atoms with Gasteiger partial charge in [0.25, 0.3) is 0 Å². The number of hydrogen-bond acceptors (Lipinski definition) is 2. The van der Waals surface area contributed by atoms with E-state index in [-0.39, 0.29) is 18.0 Å². The third-order valence-corrected chi connectivity index (χ3v) is 2.82. The summed E-state index contributed by atoms with van der Waals surface area (Å²) in [6, 6.07) is 0. The average Bonchev–Trinajstić information content (AvgIpc) is 2.67. The number of rotatable bonds is 6. The van der Waals surface area contributed by atoms with Gasteiger partial charge in [-0.2, -0.15) is 22.0 Å². The summed E-state index contributed by atoms with van der Waals surface area (Å²) >= 11 is 0. The molecule has 0 fully saturated rings. The van der Waals surface area contributed by atoms with Crippen molar-refractivity contribution < 1.29 is 22.0 Å². The normalized spacial score (nSPS) is 13.2. The van der Waals surface area contributed by atoms with Crippen LogP contribution in [0.3, 0.4) is 0 Å². The Morgan fingerprint density at radius 1 is 1.15 bits per heavy atom. The molecule has 0 unspecified atom stereocenters. The van der Waals surface area contributed by atoms with Crippen molar-refractivity contribution in [1.82, 2.24) is 15.0 Å². The summed E-state index contributed by atoms with van der Waals surface area (Å²) in [6.07, 6.45) is -4.15. The Balaban J connectivity index is 3.22. The van der Waals surface area contributed by atoms with Crippen LogP contribution in [0.4, 0.5) is 22.0 Å². The third kappa shape index (κ3) is 3.46. The van der Waals surface area contributed by atoms with E-state index in [1.165, 1.54) is 4.68 Å². The minimum atomic E-state index is -5.66. The first-order valence-electron chi connectivity index (χ1n) is 6.48. The summed E-state index contributed by atoms with van der Waals surface area (Å²) in [7, 11) is 0. The summed E-state index contributed by atoms with van der Waals surface area (Å²) < 4.78 is 65.5. The summed E-state index contributed by atoms with van der Waals surface area (Å²) in [4.78, 5) is 0. The van der Waals surface area contributed by atoms with E-state index < -0.39 is 17.8 Å². The molecular weight excluding hydrogens is 281 g/mol. The van der Waals surface area contributed by atoms with E-state index in [9.17, 15) is 22.0 Å². The molecule has 1 aromatic heterocycles. The van der Waals surface area contributed by atoms with Gasteiger partial charge in [-0.25, -0.2) is 4.68 Å².